The first-order valence-electron chi connectivity index (χ1n) is 7.37. The van der Waals surface area contributed by atoms with Crippen LogP contribution in [0.1, 0.15) is 56.8 Å². The van der Waals surface area contributed by atoms with Crippen LogP contribution in [0.5, 0.6) is 0 Å². The monoisotopic (exact) mass is 281 g/mol. The highest BCUT2D eigenvalue weighted by molar-refractivity contribution is 7.12. The molecule has 0 bridgehead atoms. The van der Waals surface area contributed by atoms with E-state index in [9.17, 15) is 0 Å². The Kier molecular flexibility index (Phi) is 4.70. The minimum absolute atomic E-state index is 0.249. The maximum absolute atomic E-state index is 5.75. The smallest absolute Gasteiger partial charge is 0.0551 e. The second kappa shape index (κ2) is 5.94. The normalized spacial score (nSPS) is 25.7. The molecule has 19 heavy (non-hydrogen) atoms. The van der Waals surface area contributed by atoms with E-state index in [1.54, 1.807) is 0 Å². The van der Waals surface area contributed by atoms with Gasteiger partial charge in [-0.3, -0.25) is 0 Å². The molecule has 0 saturated carbocycles. The Labute approximate surface area is 121 Å². The van der Waals surface area contributed by atoms with E-state index in [1.807, 2.05) is 11.3 Å². The van der Waals surface area contributed by atoms with Gasteiger partial charge >= 0.3 is 0 Å². The summed E-state index contributed by atoms with van der Waals surface area (Å²) in [4.78, 5) is 2.94. The van der Waals surface area contributed by atoms with E-state index in [2.05, 4.69) is 52.1 Å². The van der Waals surface area contributed by atoms with Crippen LogP contribution < -0.4 is 5.32 Å². The minimum atomic E-state index is 0.249. The lowest BCUT2D eigenvalue weighted by atomic mass is 9.94. The summed E-state index contributed by atoms with van der Waals surface area (Å²) in [5.41, 5.74) is 0.249. The highest BCUT2D eigenvalue weighted by Crippen LogP contribution is 2.38. The number of ether oxygens (including phenoxy) is 1. The molecule has 1 aromatic rings. The van der Waals surface area contributed by atoms with Crippen molar-refractivity contribution in [1.29, 1.82) is 0 Å². The lowest BCUT2D eigenvalue weighted by Crippen LogP contribution is -2.28. The maximum Gasteiger partial charge on any atom is 0.0551 e. The summed E-state index contributed by atoms with van der Waals surface area (Å²) in [6, 6.07) is 5.06. The highest BCUT2D eigenvalue weighted by atomic mass is 32.1. The van der Waals surface area contributed by atoms with Crippen LogP contribution in [-0.4, -0.2) is 19.3 Å². The molecular formula is C16H27NOS. The lowest BCUT2D eigenvalue weighted by molar-refractivity contribution is 0.117. The molecule has 108 valence electrons. The molecule has 0 aliphatic carbocycles. The van der Waals surface area contributed by atoms with Crippen molar-refractivity contribution in [1.82, 2.24) is 5.32 Å². The van der Waals surface area contributed by atoms with Crippen LogP contribution in [0.4, 0.5) is 0 Å². The van der Waals surface area contributed by atoms with Crippen molar-refractivity contribution in [3.63, 3.8) is 0 Å². The average Bonchev–Trinajstić information content (AvgIpc) is 2.93. The molecule has 0 radical (unpaired) electrons. The van der Waals surface area contributed by atoms with Gasteiger partial charge < -0.3 is 10.1 Å². The van der Waals surface area contributed by atoms with Crippen molar-refractivity contribution in [2.75, 3.05) is 13.2 Å². The fraction of sp³-hybridized carbons (Fsp3) is 0.750. The van der Waals surface area contributed by atoms with Crippen molar-refractivity contribution in [3.8, 4) is 0 Å². The predicted molar refractivity (Wildman–Crippen MR) is 83.0 cm³/mol. The summed E-state index contributed by atoms with van der Waals surface area (Å²) in [6.45, 7) is 13.1. The molecule has 1 saturated heterocycles. The van der Waals surface area contributed by atoms with Crippen molar-refractivity contribution < 1.29 is 4.74 Å². The molecule has 0 spiro atoms. The standard InChI is InChI=1S/C16H27NOS/c1-6-17-15(12-9-11(2)18-10-12)13-7-8-14(19-13)16(3,4)5/h7-8,11-12,15,17H,6,9-10H2,1-5H3. The van der Waals surface area contributed by atoms with E-state index in [4.69, 9.17) is 4.74 Å². The third-order valence-electron chi connectivity index (χ3n) is 3.80. The summed E-state index contributed by atoms with van der Waals surface area (Å²) >= 11 is 1.96. The lowest BCUT2D eigenvalue weighted by Gasteiger charge is -2.22. The van der Waals surface area contributed by atoms with Crippen molar-refractivity contribution >= 4 is 11.3 Å². The Balaban J connectivity index is 2.17. The maximum atomic E-state index is 5.75. The van der Waals surface area contributed by atoms with Crippen LogP contribution in [0.2, 0.25) is 0 Å². The zero-order valence-corrected chi connectivity index (χ0v) is 13.6. The van der Waals surface area contributed by atoms with Crippen LogP contribution in [0, 0.1) is 5.92 Å². The molecule has 3 unspecified atom stereocenters. The zero-order valence-electron chi connectivity index (χ0n) is 12.8. The molecule has 3 heteroatoms. The molecule has 2 heterocycles. The number of thiophene rings is 1. The molecule has 2 rings (SSSR count). The van der Waals surface area contributed by atoms with Gasteiger partial charge in [-0.05, 0) is 37.4 Å². The fourth-order valence-electron chi connectivity index (χ4n) is 2.73. The van der Waals surface area contributed by atoms with Crippen molar-refractivity contribution in [2.45, 2.75) is 58.6 Å². The highest BCUT2D eigenvalue weighted by Gasteiger charge is 2.31. The first-order valence-corrected chi connectivity index (χ1v) is 8.18. The van der Waals surface area contributed by atoms with Gasteiger partial charge in [0, 0.05) is 21.7 Å². The van der Waals surface area contributed by atoms with Crippen LogP contribution in [0.3, 0.4) is 0 Å². The van der Waals surface area contributed by atoms with Gasteiger partial charge in [0.1, 0.15) is 0 Å². The Bertz CT molecular complexity index is 407. The molecular weight excluding hydrogens is 254 g/mol. The molecule has 0 amide bonds. The second-order valence-corrected chi connectivity index (χ2v) is 7.74. The molecule has 1 fully saturated rings. The van der Waals surface area contributed by atoms with E-state index < -0.39 is 0 Å². The van der Waals surface area contributed by atoms with Gasteiger partial charge in [-0.15, -0.1) is 11.3 Å². The molecule has 2 nitrogen and oxygen atoms in total. The van der Waals surface area contributed by atoms with Crippen LogP contribution in [0.25, 0.3) is 0 Å². The topological polar surface area (TPSA) is 21.3 Å². The minimum Gasteiger partial charge on any atom is -0.378 e. The van der Waals surface area contributed by atoms with Crippen molar-refractivity contribution in [2.24, 2.45) is 5.92 Å². The molecule has 1 aliphatic heterocycles. The van der Waals surface area contributed by atoms with E-state index in [0.717, 1.165) is 13.2 Å². The first-order chi connectivity index (χ1) is 8.91. The number of hydrogen-bond acceptors (Lipinski definition) is 3. The largest absolute Gasteiger partial charge is 0.378 e. The summed E-state index contributed by atoms with van der Waals surface area (Å²) in [7, 11) is 0. The molecule has 3 atom stereocenters. The third-order valence-corrected chi connectivity index (χ3v) is 5.39. The number of hydrogen-bond donors (Lipinski definition) is 1. The summed E-state index contributed by atoms with van der Waals surface area (Å²) < 4.78 is 5.75. The SMILES string of the molecule is CCNC(c1ccc(C(C)(C)C)s1)C1COC(C)C1. The van der Waals surface area contributed by atoms with Gasteiger partial charge in [-0.2, -0.15) is 0 Å². The molecule has 1 N–H and O–H groups in total. The summed E-state index contributed by atoms with van der Waals surface area (Å²) in [5.74, 6) is 0.612. The Morgan fingerprint density at radius 1 is 1.42 bits per heavy atom. The third kappa shape index (κ3) is 3.59. The van der Waals surface area contributed by atoms with Crippen LogP contribution in [-0.2, 0) is 10.2 Å². The van der Waals surface area contributed by atoms with E-state index in [-0.39, 0.29) is 5.41 Å². The predicted octanol–water partition coefficient (Wildman–Crippen LogP) is 4.12. The fourth-order valence-corrected chi connectivity index (χ4v) is 3.96. The van der Waals surface area contributed by atoms with Gasteiger partial charge in [0.05, 0.1) is 12.7 Å². The van der Waals surface area contributed by atoms with Crippen LogP contribution in [0.15, 0.2) is 12.1 Å². The van der Waals surface area contributed by atoms with E-state index in [1.165, 1.54) is 16.2 Å². The zero-order chi connectivity index (χ0) is 14.0. The molecule has 0 aromatic carbocycles. The number of nitrogens with one attached hydrogen (secondary N) is 1. The average molecular weight is 281 g/mol. The van der Waals surface area contributed by atoms with Crippen LogP contribution >= 0.6 is 11.3 Å². The van der Waals surface area contributed by atoms with Gasteiger partial charge in [0.2, 0.25) is 0 Å². The second-order valence-electron chi connectivity index (χ2n) is 6.63. The van der Waals surface area contributed by atoms with E-state index >= 15 is 0 Å². The molecule has 1 aliphatic rings. The van der Waals surface area contributed by atoms with Gasteiger partial charge in [0.25, 0.3) is 0 Å². The first kappa shape index (κ1) is 15.0. The van der Waals surface area contributed by atoms with Gasteiger partial charge in [0.15, 0.2) is 0 Å². The summed E-state index contributed by atoms with van der Waals surface area (Å²) in [6.07, 6.45) is 1.58. The summed E-state index contributed by atoms with van der Waals surface area (Å²) in [5, 5.41) is 3.66. The Morgan fingerprint density at radius 2 is 2.16 bits per heavy atom. The Morgan fingerprint density at radius 3 is 2.63 bits per heavy atom. The van der Waals surface area contributed by atoms with Gasteiger partial charge in [-0.1, -0.05) is 27.7 Å². The van der Waals surface area contributed by atoms with Gasteiger partial charge in [-0.25, -0.2) is 0 Å². The Hall–Kier alpha value is -0.380. The van der Waals surface area contributed by atoms with Crippen molar-refractivity contribution in [3.05, 3.63) is 21.9 Å². The molecule has 1 aromatic heterocycles. The number of rotatable bonds is 4. The quantitative estimate of drug-likeness (QED) is 0.896. The van der Waals surface area contributed by atoms with E-state index in [0.29, 0.717) is 18.1 Å².